The first-order valence-corrected chi connectivity index (χ1v) is 9.38. The predicted octanol–water partition coefficient (Wildman–Crippen LogP) is 3.16. The Bertz CT molecular complexity index is 902. The number of hydrogen-bond donors (Lipinski definition) is 0. The van der Waals surface area contributed by atoms with Gasteiger partial charge in [-0.05, 0) is 25.3 Å². The monoisotopic (exact) mass is 365 g/mol. The SMILES string of the molecule is Cn1ccc([C@@H]2CCCCN2C(=O)CCc2nc(-c3ccccc3)no2)n1. The third-order valence-electron chi connectivity index (χ3n) is 4.95. The molecule has 1 aliphatic heterocycles. The molecular formula is C20H23N5O2. The van der Waals surface area contributed by atoms with Gasteiger partial charge in [0.05, 0.1) is 11.7 Å². The smallest absolute Gasteiger partial charge is 0.227 e. The lowest BCUT2D eigenvalue weighted by Crippen LogP contribution is -2.38. The standard InChI is InChI=1S/C20H23N5O2/c1-24-14-12-16(22-24)17-9-5-6-13-25(17)19(26)11-10-18-21-20(23-27-18)15-7-3-2-4-8-15/h2-4,7-8,12,14,17H,5-6,9-11,13H2,1H3/t17-/m0/s1. The number of hydrogen-bond acceptors (Lipinski definition) is 5. The molecule has 0 bridgehead atoms. The maximum atomic E-state index is 12.8. The minimum absolute atomic E-state index is 0.0648. The van der Waals surface area contributed by atoms with E-state index in [1.807, 2.05) is 54.5 Å². The number of benzene rings is 1. The summed E-state index contributed by atoms with van der Waals surface area (Å²) in [7, 11) is 1.90. The molecule has 1 saturated heterocycles. The molecule has 0 radical (unpaired) electrons. The molecule has 1 aliphatic rings. The Labute approximate surface area is 158 Å². The Morgan fingerprint density at radius 2 is 2.07 bits per heavy atom. The van der Waals surface area contributed by atoms with Crippen LogP contribution in [0.5, 0.6) is 0 Å². The Balaban J connectivity index is 1.40. The molecule has 1 fully saturated rings. The van der Waals surface area contributed by atoms with Gasteiger partial charge in [-0.1, -0.05) is 35.5 Å². The molecule has 0 saturated carbocycles. The highest BCUT2D eigenvalue weighted by Crippen LogP contribution is 2.30. The van der Waals surface area contributed by atoms with Gasteiger partial charge in [-0.15, -0.1) is 0 Å². The summed E-state index contributed by atoms with van der Waals surface area (Å²) in [6.45, 7) is 0.777. The summed E-state index contributed by atoms with van der Waals surface area (Å²) in [6.07, 6.45) is 5.85. The maximum Gasteiger partial charge on any atom is 0.227 e. The highest BCUT2D eigenvalue weighted by atomic mass is 16.5. The van der Waals surface area contributed by atoms with Gasteiger partial charge in [-0.25, -0.2) is 0 Å². The van der Waals surface area contributed by atoms with Crippen molar-refractivity contribution in [3.05, 3.63) is 54.2 Å². The van der Waals surface area contributed by atoms with E-state index in [1.54, 1.807) is 4.68 Å². The average molecular weight is 365 g/mol. The topological polar surface area (TPSA) is 77.0 Å². The zero-order chi connectivity index (χ0) is 18.6. The molecule has 140 valence electrons. The van der Waals surface area contributed by atoms with Crippen molar-refractivity contribution in [3.8, 4) is 11.4 Å². The first-order valence-electron chi connectivity index (χ1n) is 9.38. The van der Waals surface area contributed by atoms with E-state index < -0.39 is 0 Å². The average Bonchev–Trinajstić information content (AvgIpc) is 3.36. The maximum absolute atomic E-state index is 12.8. The van der Waals surface area contributed by atoms with Crippen LogP contribution in [0.25, 0.3) is 11.4 Å². The number of aryl methyl sites for hydroxylation is 2. The molecule has 2 aromatic heterocycles. The second-order valence-corrected chi connectivity index (χ2v) is 6.89. The Morgan fingerprint density at radius 1 is 1.22 bits per heavy atom. The number of rotatable bonds is 5. The van der Waals surface area contributed by atoms with Gasteiger partial charge in [0, 0.05) is 38.2 Å². The fourth-order valence-corrected chi connectivity index (χ4v) is 3.57. The van der Waals surface area contributed by atoms with E-state index >= 15 is 0 Å². The fraction of sp³-hybridized carbons (Fsp3) is 0.400. The van der Waals surface area contributed by atoms with E-state index in [2.05, 4.69) is 15.2 Å². The summed E-state index contributed by atoms with van der Waals surface area (Å²) in [4.78, 5) is 19.2. The van der Waals surface area contributed by atoms with Gasteiger partial charge < -0.3 is 9.42 Å². The number of likely N-dealkylation sites (tertiary alicyclic amines) is 1. The van der Waals surface area contributed by atoms with Crippen LogP contribution >= 0.6 is 0 Å². The van der Waals surface area contributed by atoms with Crippen molar-refractivity contribution in [2.24, 2.45) is 7.05 Å². The summed E-state index contributed by atoms with van der Waals surface area (Å²) in [5.74, 6) is 1.17. The molecule has 3 aromatic rings. The van der Waals surface area contributed by atoms with E-state index in [0.717, 1.165) is 37.1 Å². The number of nitrogens with zero attached hydrogens (tertiary/aromatic N) is 5. The lowest BCUT2D eigenvalue weighted by molar-refractivity contribution is -0.135. The highest BCUT2D eigenvalue weighted by Gasteiger charge is 2.29. The number of carbonyl (C=O) groups excluding carboxylic acids is 1. The zero-order valence-corrected chi connectivity index (χ0v) is 15.4. The highest BCUT2D eigenvalue weighted by molar-refractivity contribution is 5.77. The molecule has 7 heteroatoms. The third-order valence-corrected chi connectivity index (χ3v) is 4.95. The van der Waals surface area contributed by atoms with Gasteiger partial charge in [-0.3, -0.25) is 9.48 Å². The molecule has 3 heterocycles. The summed E-state index contributed by atoms with van der Waals surface area (Å²) < 4.78 is 7.11. The van der Waals surface area contributed by atoms with E-state index in [0.29, 0.717) is 24.6 Å². The number of carbonyl (C=O) groups is 1. The summed E-state index contributed by atoms with van der Waals surface area (Å²) in [6, 6.07) is 11.7. The van der Waals surface area contributed by atoms with E-state index in [1.165, 1.54) is 0 Å². The number of piperidine rings is 1. The van der Waals surface area contributed by atoms with Crippen LogP contribution < -0.4 is 0 Å². The van der Waals surface area contributed by atoms with Crippen LogP contribution in [0, 0.1) is 0 Å². The van der Waals surface area contributed by atoms with Crippen molar-refractivity contribution in [1.82, 2.24) is 24.8 Å². The van der Waals surface area contributed by atoms with Gasteiger partial charge in [-0.2, -0.15) is 10.1 Å². The van der Waals surface area contributed by atoms with Crippen LogP contribution in [0.15, 0.2) is 47.1 Å². The van der Waals surface area contributed by atoms with E-state index in [4.69, 9.17) is 4.52 Å². The quantitative estimate of drug-likeness (QED) is 0.694. The van der Waals surface area contributed by atoms with E-state index in [-0.39, 0.29) is 11.9 Å². The van der Waals surface area contributed by atoms with Crippen molar-refractivity contribution in [2.45, 2.75) is 38.1 Å². The molecule has 0 spiro atoms. The van der Waals surface area contributed by atoms with Crippen molar-refractivity contribution in [3.63, 3.8) is 0 Å². The van der Waals surface area contributed by atoms with Crippen molar-refractivity contribution in [1.29, 1.82) is 0 Å². The van der Waals surface area contributed by atoms with Gasteiger partial charge in [0.2, 0.25) is 17.6 Å². The largest absolute Gasteiger partial charge is 0.339 e. The Kier molecular flexibility index (Phi) is 5.00. The lowest BCUT2D eigenvalue weighted by Gasteiger charge is -2.34. The van der Waals surface area contributed by atoms with Gasteiger partial charge in [0.15, 0.2) is 0 Å². The minimum Gasteiger partial charge on any atom is -0.339 e. The van der Waals surface area contributed by atoms with Crippen LogP contribution in [-0.4, -0.2) is 37.3 Å². The zero-order valence-electron chi connectivity index (χ0n) is 15.4. The van der Waals surface area contributed by atoms with Crippen LogP contribution in [0.4, 0.5) is 0 Å². The number of aromatic nitrogens is 4. The summed E-state index contributed by atoms with van der Waals surface area (Å²) in [5.41, 5.74) is 1.87. The van der Waals surface area contributed by atoms with Gasteiger partial charge in [0.25, 0.3) is 0 Å². The molecule has 0 N–H and O–H groups in total. The Hall–Kier alpha value is -2.96. The van der Waals surface area contributed by atoms with Gasteiger partial charge >= 0.3 is 0 Å². The third kappa shape index (κ3) is 3.92. The predicted molar refractivity (Wildman–Crippen MR) is 99.6 cm³/mol. The van der Waals surface area contributed by atoms with Crippen LogP contribution in [0.2, 0.25) is 0 Å². The van der Waals surface area contributed by atoms with E-state index in [9.17, 15) is 4.79 Å². The molecule has 7 nitrogen and oxygen atoms in total. The second-order valence-electron chi connectivity index (χ2n) is 6.89. The summed E-state index contributed by atoms with van der Waals surface area (Å²) >= 11 is 0. The van der Waals surface area contributed by atoms with Gasteiger partial charge in [0.1, 0.15) is 0 Å². The normalized spacial score (nSPS) is 17.2. The molecule has 0 aliphatic carbocycles. The summed E-state index contributed by atoms with van der Waals surface area (Å²) in [5, 5.41) is 8.52. The van der Waals surface area contributed by atoms with Crippen LogP contribution in [0.1, 0.15) is 43.3 Å². The van der Waals surface area contributed by atoms with Crippen molar-refractivity contribution < 1.29 is 9.32 Å². The molecule has 1 amide bonds. The second kappa shape index (κ2) is 7.73. The molecule has 1 aromatic carbocycles. The van der Waals surface area contributed by atoms with Crippen molar-refractivity contribution >= 4 is 5.91 Å². The minimum atomic E-state index is 0.0648. The number of amides is 1. The molecule has 27 heavy (non-hydrogen) atoms. The fourth-order valence-electron chi connectivity index (χ4n) is 3.57. The molecule has 4 rings (SSSR count). The molecule has 1 atom stereocenters. The Morgan fingerprint density at radius 3 is 2.85 bits per heavy atom. The van der Waals surface area contributed by atoms with Crippen molar-refractivity contribution in [2.75, 3.05) is 6.54 Å². The lowest BCUT2D eigenvalue weighted by atomic mass is 9.99. The molecule has 0 unspecified atom stereocenters. The first-order chi connectivity index (χ1) is 13.2. The first kappa shape index (κ1) is 17.5. The van der Waals surface area contributed by atoms with Crippen LogP contribution in [0.3, 0.4) is 0 Å². The molecular weight excluding hydrogens is 342 g/mol. The van der Waals surface area contributed by atoms with Crippen LogP contribution in [-0.2, 0) is 18.3 Å².